The van der Waals surface area contributed by atoms with Gasteiger partial charge in [0.25, 0.3) is 0 Å². The summed E-state index contributed by atoms with van der Waals surface area (Å²) in [5, 5.41) is 9.12. The third-order valence-electron chi connectivity index (χ3n) is 2.47. The fraction of sp³-hybridized carbons (Fsp3) is 0.308. The van der Waals surface area contributed by atoms with Crippen molar-refractivity contribution in [2.24, 2.45) is 0 Å². The Labute approximate surface area is 100 Å². The number of aromatic nitrogens is 2. The summed E-state index contributed by atoms with van der Waals surface area (Å²) in [5.74, 6) is 1.54. The molecule has 0 fully saturated rings. The van der Waals surface area contributed by atoms with Gasteiger partial charge in [0.2, 0.25) is 0 Å². The quantitative estimate of drug-likeness (QED) is 0.854. The molecule has 0 unspecified atom stereocenters. The fourth-order valence-electron chi connectivity index (χ4n) is 1.70. The summed E-state index contributed by atoms with van der Waals surface area (Å²) in [4.78, 5) is 4.21. The average Bonchev–Trinajstić information content (AvgIpc) is 2.71. The predicted molar refractivity (Wildman–Crippen MR) is 64.8 cm³/mol. The highest BCUT2D eigenvalue weighted by Crippen LogP contribution is 2.09. The fourth-order valence-corrected chi connectivity index (χ4v) is 1.70. The second-order valence-electron chi connectivity index (χ2n) is 3.81. The summed E-state index contributed by atoms with van der Waals surface area (Å²) >= 11 is 0. The van der Waals surface area contributed by atoms with Crippen molar-refractivity contribution in [1.82, 2.24) is 9.55 Å². The van der Waals surface area contributed by atoms with Gasteiger partial charge in [-0.1, -0.05) is 18.2 Å². The summed E-state index contributed by atoms with van der Waals surface area (Å²) in [7, 11) is 0. The molecule has 0 spiro atoms. The molecule has 0 atom stereocenters. The SMILES string of the molecule is Cc1cn(CCOc2ccccc2)c(CO)n1. The molecule has 0 aliphatic carbocycles. The molecule has 0 saturated heterocycles. The maximum absolute atomic E-state index is 9.12. The molecular formula is C13H16N2O2. The molecule has 1 N–H and O–H groups in total. The lowest BCUT2D eigenvalue weighted by Gasteiger charge is -2.08. The monoisotopic (exact) mass is 232 g/mol. The minimum Gasteiger partial charge on any atom is -0.492 e. The van der Waals surface area contributed by atoms with E-state index in [1.54, 1.807) is 0 Å². The number of benzene rings is 1. The lowest BCUT2D eigenvalue weighted by atomic mass is 10.3. The first-order valence-electron chi connectivity index (χ1n) is 5.61. The summed E-state index contributed by atoms with van der Waals surface area (Å²) in [6, 6.07) is 9.68. The van der Waals surface area contributed by atoms with Crippen molar-refractivity contribution < 1.29 is 9.84 Å². The molecule has 1 aromatic carbocycles. The van der Waals surface area contributed by atoms with E-state index >= 15 is 0 Å². The summed E-state index contributed by atoms with van der Waals surface area (Å²) in [5.41, 5.74) is 0.911. The van der Waals surface area contributed by atoms with Crippen LogP contribution in [0.5, 0.6) is 5.75 Å². The van der Waals surface area contributed by atoms with Gasteiger partial charge in [0.05, 0.1) is 12.2 Å². The Morgan fingerprint density at radius 1 is 1.29 bits per heavy atom. The van der Waals surface area contributed by atoms with Crippen molar-refractivity contribution >= 4 is 0 Å². The Kier molecular flexibility index (Phi) is 3.77. The van der Waals surface area contributed by atoms with Gasteiger partial charge in [-0.25, -0.2) is 4.98 Å². The number of hydrogen-bond donors (Lipinski definition) is 1. The number of hydrogen-bond acceptors (Lipinski definition) is 3. The van der Waals surface area contributed by atoms with Crippen LogP contribution in [0.4, 0.5) is 0 Å². The van der Waals surface area contributed by atoms with Crippen LogP contribution in [-0.4, -0.2) is 21.3 Å². The molecule has 0 aliphatic rings. The normalized spacial score (nSPS) is 10.5. The van der Waals surface area contributed by atoms with Crippen molar-refractivity contribution in [2.75, 3.05) is 6.61 Å². The van der Waals surface area contributed by atoms with Crippen LogP contribution in [-0.2, 0) is 13.2 Å². The van der Waals surface area contributed by atoms with E-state index in [1.165, 1.54) is 0 Å². The Bertz CT molecular complexity index is 466. The Balaban J connectivity index is 1.90. The van der Waals surface area contributed by atoms with Crippen molar-refractivity contribution in [3.8, 4) is 5.75 Å². The van der Waals surface area contributed by atoms with Crippen LogP contribution in [0.1, 0.15) is 11.5 Å². The topological polar surface area (TPSA) is 47.3 Å². The molecule has 1 heterocycles. The van der Waals surface area contributed by atoms with E-state index in [9.17, 15) is 0 Å². The van der Waals surface area contributed by atoms with Crippen molar-refractivity contribution in [3.63, 3.8) is 0 Å². The zero-order valence-corrected chi connectivity index (χ0v) is 9.84. The first-order chi connectivity index (χ1) is 8.29. The largest absolute Gasteiger partial charge is 0.492 e. The van der Waals surface area contributed by atoms with Crippen molar-refractivity contribution in [3.05, 3.63) is 48.0 Å². The van der Waals surface area contributed by atoms with Crippen LogP contribution in [0, 0.1) is 6.92 Å². The number of nitrogens with zero attached hydrogens (tertiary/aromatic N) is 2. The summed E-state index contributed by atoms with van der Waals surface area (Å²) < 4.78 is 7.50. The highest BCUT2D eigenvalue weighted by Gasteiger charge is 2.03. The van der Waals surface area contributed by atoms with E-state index in [0.717, 1.165) is 11.4 Å². The van der Waals surface area contributed by atoms with Gasteiger partial charge in [-0.05, 0) is 19.1 Å². The van der Waals surface area contributed by atoms with Gasteiger partial charge >= 0.3 is 0 Å². The predicted octanol–water partition coefficient (Wildman–Crippen LogP) is 1.76. The second kappa shape index (κ2) is 5.50. The minimum absolute atomic E-state index is 0.0425. The first-order valence-corrected chi connectivity index (χ1v) is 5.61. The van der Waals surface area contributed by atoms with Gasteiger partial charge in [0, 0.05) is 6.20 Å². The molecular weight excluding hydrogens is 216 g/mol. The molecule has 0 bridgehead atoms. The maximum atomic E-state index is 9.12. The highest BCUT2D eigenvalue weighted by molar-refractivity contribution is 5.20. The average molecular weight is 232 g/mol. The van der Waals surface area contributed by atoms with Gasteiger partial charge in [-0.3, -0.25) is 0 Å². The maximum Gasteiger partial charge on any atom is 0.134 e. The van der Waals surface area contributed by atoms with Crippen LogP contribution in [0.15, 0.2) is 36.5 Å². The molecule has 4 heteroatoms. The van der Waals surface area contributed by atoms with Gasteiger partial charge in [-0.15, -0.1) is 0 Å². The lowest BCUT2D eigenvalue weighted by molar-refractivity contribution is 0.254. The number of aliphatic hydroxyl groups excluding tert-OH is 1. The van der Waals surface area contributed by atoms with E-state index in [2.05, 4.69) is 4.98 Å². The van der Waals surface area contributed by atoms with Gasteiger partial charge < -0.3 is 14.4 Å². The molecule has 90 valence electrons. The third kappa shape index (κ3) is 3.07. The standard InChI is InChI=1S/C13H16N2O2/c1-11-9-15(13(10-16)14-11)7-8-17-12-5-3-2-4-6-12/h2-6,9,16H,7-8,10H2,1H3. The molecule has 2 aromatic rings. The second-order valence-corrected chi connectivity index (χ2v) is 3.81. The van der Waals surface area contributed by atoms with Gasteiger partial charge in [0.1, 0.15) is 24.8 Å². The Morgan fingerprint density at radius 2 is 2.06 bits per heavy atom. The highest BCUT2D eigenvalue weighted by atomic mass is 16.5. The molecule has 4 nitrogen and oxygen atoms in total. The number of imidazole rings is 1. The van der Waals surface area contributed by atoms with Crippen LogP contribution in [0.25, 0.3) is 0 Å². The van der Waals surface area contributed by atoms with Crippen LogP contribution < -0.4 is 4.74 Å². The van der Waals surface area contributed by atoms with E-state index in [1.807, 2.05) is 48.0 Å². The van der Waals surface area contributed by atoms with Crippen molar-refractivity contribution in [1.29, 1.82) is 0 Å². The van der Waals surface area contributed by atoms with Gasteiger partial charge in [-0.2, -0.15) is 0 Å². The zero-order chi connectivity index (χ0) is 12.1. The Morgan fingerprint density at radius 3 is 2.76 bits per heavy atom. The molecule has 1 aromatic heterocycles. The molecule has 2 rings (SSSR count). The van der Waals surface area contributed by atoms with Crippen molar-refractivity contribution in [2.45, 2.75) is 20.1 Å². The molecule has 0 saturated carbocycles. The summed E-state index contributed by atoms with van der Waals surface area (Å²) in [6.45, 7) is 3.12. The zero-order valence-electron chi connectivity index (χ0n) is 9.84. The smallest absolute Gasteiger partial charge is 0.134 e. The number of aryl methyl sites for hydroxylation is 1. The molecule has 0 radical (unpaired) electrons. The lowest BCUT2D eigenvalue weighted by Crippen LogP contribution is -2.10. The van der Waals surface area contributed by atoms with Crippen LogP contribution in [0.2, 0.25) is 0 Å². The van der Waals surface area contributed by atoms with E-state index in [4.69, 9.17) is 9.84 Å². The van der Waals surface area contributed by atoms with Crippen LogP contribution >= 0.6 is 0 Å². The minimum atomic E-state index is -0.0425. The summed E-state index contributed by atoms with van der Waals surface area (Å²) in [6.07, 6.45) is 1.92. The number of ether oxygens (including phenoxy) is 1. The third-order valence-corrected chi connectivity index (χ3v) is 2.47. The molecule has 17 heavy (non-hydrogen) atoms. The first kappa shape index (κ1) is 11.7. The van der Waals surface area contributed by atoms with E-state index < -0.39 is 0 Å². The van der Waals surface area contributed by atoms with Gasteiger partial charge in [0.15, 0.2) is 0 Å². The Hall–Kier alpha value is -1.81. The van der Waals surface area contributed by atoms with E-state index in [0.29, 0.717) is 19.0 Å². The molecule has 0 amide bonds. The number of aliphatic hydroxyl groups is 1. The number of rotatable bonds is 5. The van der Waals surface area contributed by atoms with E-state index in [-0.39, 0.29) is 6.61 Å². The van der Waals surface area contributed by atoms with Crippen LogP contribution in [0.3, 0.4) is 0 Å². The number of para-hydroxylation sites is 1. The molecule has 0 aliphatic heterocycles.